The molecule has 0 spiro atoms. The van der Waals surface area contributed by atoms with Gasteiger partial charge in [-0.2, -0.15) is 13.2 Å². The fraction of sp³-hybridized carbons (Fsp3) is 0.429. The smallest absolute Gasteiger partial charge is 0.481 e. The summed E-state index contributed by atoms with van der Waals surface area (Å²) in [5.74, 6) is -4.98. The summed E-state index contributed by atoms with van der Waals surface area (Å²) in [4.78, 5) is 46.9. The van der Waals surface area contributed by atoms with Crippen molar-refractivity contribution in [1.82, 2.24) is 0 Å². The minimum Gasteiger partial charge on any atom is -0.481 e. The van der Waals surface area contributed by atoms with E-state index in [4.69, 9.17) is 19.4 Å². The Morgan fingerprint density at radius 2 is 1.62 bits per heavy atom. The molecule has 2 rings (SSSR count). The van der Waals surface area contributed by atoms with Gasteiger partial charge >= 0.3 is 29.7 Å². The quantitative estimate of drug-likeness (QED) is 0.448. The lowest BCUT2D eigenvalue weighted by Crippen LogP contribution is -2.39. The zero-order valence-corrected chi connectivity index (χ0v) is 18.6. The number of aliphatic carboxylic acids is 3. The lowest BCUT2D eigenvalue weighted by molar-refractivity contribution is -0.192. The van der Waals surface area contributed by atoms with Gasteiger partial charge < -0.3 is 29.5 Å². The highest BCUT2D eigenvalue weighted by atomic mass is 19.4. The topological polar surface area (TPSA) is 149 Å². The minimum absolute atomic E-state index is 0.0829. The summed E-state index contributed by atoms with van der Waals surface area (Å²) >= 11 is 0. The van der Waals surface area contributed by atoms with Crippen molar-refractivity contribution < 1.29 is 47.3 Å². The van der Waals surface area contributed by atoms with Gasteiger partial charge in [0.15, 0.2) is 0 Å². The van der Waals surface area contributed by atoms with E-state index in [-0.39, 0.29) is 12.8 Å². The molecule has 34 heavy (non-hydrogen) atoms. The zero-order chi connectivity index (χ0) is 26.2. The molecule has 0 saturated carbocycles. The van der Waals surface area contributed by atoms with Gasteiger partial charge in [0, 0.05) is 49.8 Å². The number of benzene rings is 1. The van der Waals surface area contributed by atoms with Crippen molar-refractivity contribution in [3.05, 3.63) is 34.7 Å². The second kappa shape index (κ2) is 11.9. The van der Waals surface area contributed by atoms with Gasteiger partial charge in [0.1, 0.15) is 11.6 Å². The molecule has 2 aromatic rings. The Morgan fingerprint density at radius 3 is 2.06 bits per heavy atom. The van der Waals surface area contributed by atoms with Crippen LogP contribution in [0.15, 0.2) is 33.5 Å². The average molecular weight is 490 g/mol. The normalized spacial score (nSPS) is 11.8. The van der Waals surface area contributed by atoms with Crippen LogP contribution in [-0.4, -0.2) is 65.6 Å². The van der Waals surface area contributed by atoms with Crippen LogP contribution in [0.1, 0.15) is 26.7 Å². The summed E-state index contributed by atoms with van der Waals surface area (Å²) in [7, 11) is 1.53. The van der Waals surface area contributed by atoms with Crippen LogP contribution in [0.4, 0.5) is 24.5 Å². The Morgan fingerprint density at radius 1 is 1.06 bits per heavy atom. The summed E-state index contributed by atoms with van der Waals surface area (Å²) in [6.45, 7) is 5.63. The number of likely N-dealkylation sites (N-methyl/N-ethyl adjacent to an activating group) is 1. The Kier molecular flexibility index (Phi) is 9.90. The van der Waals surface area contributed by atoms with E-state index < -0.39 is 35.8 Å². The van der Waals surface area contributed by atoms with Crippen LogP contribution >= 0.6 is 0 Å². The number of carboxylic acids is 3. The van der Waals surface area contributed by atoms with Crippen LogP contribution in [0.3, 0.4) is 0 Å². The van der Waals surface area contributed by atoms with Crippen molar-refractivity contribution in [2.45, 2.75) is 38.9 Å². The maximum atomic E-state index is 12.0. The van der Waals surface area contributed by atoms with Gasteiger partial charge in [0.25, 0.3) is 0 Å². The van der Waals surface area contributed by atoms with Gasteiger partial charge in [-0.1, -0.05) is 0 Å². The number of rotatable bonds is 9. The number of carbonyl (C=O) groups is 3. The highest BCUT2D eigenvalue weighted by molar-refractivity contribution is 5.94. The minimum atomic E-state index is -5.08. The molecule has 0 aliphatic heterocycles. The number of carboxylic acid groups (broad SMARTS) is 3. The maximum Gasteiger partial charge on any atom is 0.490 e. The first-order valence-corrected chi connectivity index (χ1v) is 10.0. The Bertz CT molecular complexity index is 1080. The van der Waals surface area contributed by atoms with Gasteiger partial charge in [-0.25, -0.2) is 14.4 Å². The van der Waals surface area contributed by atoms with Gasteiger partial charge in [-0.3, -0.25) is 4.79 Å². The average Bonchev–Trinajstić information content (AvgIpc) is 2.73. The van der Waals surface area contributed by atoms with Crippen molar-refractivity contribution in [2.24, 2.45) is 0 Å². The lowest BCUT2D eigenvalue weighted by Gasteiger charge is -2.27. The Hall–Kier alpha value is -3.77. The van der Waals surface area contributed by atoms with E-state index in [2.05, 4.69) is 4.90 Å². The number of nitrogens with zero attached hydrogens (tertiary/aromatic N) is 2. The van der Waals surface area contributed by atoms with E-state index in [1.54, 1.807) is 12.1 Å². The molecule has 1 heterocycles. The summed E-state index contributed by atoms with van der Waals surface area (Å²) in [6, 6.07) is 5.59. The number of alkyl halides is 3. The van der Waals surface area contributed by atoms with Gasteiger partial charge in [0.2, 0.25) is 0 Å². The summed E-state index contributed by atoms with van der Waals surface area (Å²) in [5.41, 5.74) is 1.06. The standard InChI is InChI=1S/C19H24N2O6.C2HF3O2/c1-4-21(5-2)12-6-7-13-15(11-18(24)27-16(13)10-12)20(3)14(19(25)26)8-9-17(22)23;3-2(4,5)1(6)7/h6-7,10-11,14H,4-5,8-9H2,1-3H3,(H,22,23)(H,25,26);(H,6,7)/t14-;/m0./s1. The molecule has 0 unspecified atom stereocenters. The van der Waals surface area contributed by atoms with Crippen molar-refractivity contribution in [3.8, 4) is 0 Å². The zero-order valence-electron chi connectivity index (χ0n) is 18.6. The fourth-order valence-corrected chi connectivity index (χ4v) is 3.12. The van der Waals surface area contributed by atoms with Crippen molar-refractivity contribution in [3.63, 3.8) is 0 Å². The SMILES string of the molecule is CCN(CC)c1ccc2c(N(C)[C@@H](CCC(=O)O)C(=O)O)cc(=O)oc2c1.O=C(O)C(F)(F)F. The van der Waals surface area contributed by atoms with Gasteiger partial charge in [0.05, 0.1) is 5.69 Å². The van der Waals surface area contributed by atoms with Crippen LogP contribution < -0.4 is 15.4 Å². The third-order valence-electron chi connectivity index (χ3n) is 4.84. The van der Waals surface area contributed by atoms with Crippen LogP contribution in [0, 0.1) is 0 Å². The molecule has 10 nitrogen and oxygen atoms in total. The first kappa shape index (κ1) is 28.3. The predicted molar refractivity (Wildman–Crippen MR) is 116 cm³/mol. The molecule has 0 bridgehead atoms. The van der Waals surface area contributed by atoms with Crippen molar-refractivity contribution >= 4 is 40.3 Å². The van der Waals surface area contributed by atoms with E-state index in [0.29, 0.717) is 16.7 Å². The molecule has 188 valence electrons. The van der Waals surface area contributed by atoms with Crippen LogP contribution in [0.25, 0.3) is 11.0 Å². The lowest BCUT2D eigenvalue weighted by atomic mass is 10.1. The van der Waals surface area contributed by atoms with Gasteiger partial charge in [-0.05, 0) is 32.4 Å². The molecule has 13 heteroatoms. The number of fused-ring (bicyclic) bond motifs is 1. The van der Waals surface area contributed by atoms with Crippen molar-refractivity contribution in [1.29, 1.82) is 0 Å². The van der Waals surface area contributed by atoms with Crippen LogP contribution in [0.5, 0.6) is 0 Å². The summed E-state index contributed by atoms with van der Waals surface area (Å²) in [5, 5.41) is 26.1. The second-order valence-electron chi connectivity index (χ2n) is 7.00. The molecule has 0 radical (unpaired) electrons. The van der Waals surface area contributed by atoms with E-state index in [1.807, 2.05) is 19.9 Å². The van der Waals surface area contributed by atoms with E-state index >= 15 is 0 Å². The van der Waals surface area contributed by atoms with Crippen molar-refractivity contribution in [2.75, 3.05) is 29.9 Å². The molecule has 0 fully saturated rings. The molecular weight excluding hydrogens is 465 g/mol. The molecule has 1 atom stereocenters. The van der Waals surface area contributed by atoms with E-state index in [1.165, 1.54) is 18.0 Å². The number of anilines is 2. The largest absolute Gasteiger partial charge is 0.490 e. The summed E-state index contributed by atoms with van der Waals surface area (Å²) < 4.78 is 37.1. The molecule has 1 aromatic heterocycles. The molecule has 3 N–H and O–H groups in total. The number of halogens is 3. The van der Waals surface area contributed by atoms with Crippen LogP contribution in [-0.2, 0) is 14.4 Å². The molecule has 0 aliphatic rings. The van der Waals surface area contributed by atoms with E-state index in [9.17, 15) is 32.7 Å². The first-order valence-electron chi connectivity index (χ1n) is 10.0. The number of hydrogen-bond acceptors (Lipinski definition) is 7. The second-order valence-corrected chi connectivity index (χ2v) is 7.00. The Labute approximate surface area is 191 Å². The first-order chi connectivity index (χ1) is 15.7. The molecule has 0 aliphatic carbocycles. The van der Waals surface area contributed by atoms with Crippen LogP contribution in [0.2, 0.25) is 0 Å². The monoisotopic (exact) mass is 490 g/mol. The molecular formula is C21H25F3N2O8. The Balaban J connectivity index is 0.000000718. The third kappa shape index (κ3) is 7.67. The highest BCUT2D eigenvalue weighted by Crippen LogP contribution is 2.30. The maximum absolute atomic E-state index is 12.0. The summed E-state index contributed by atoms with van der Waals surface area (Å²) in [6.07, 6.45) is -5.45. The molecule has 0 amide bonds. The fourth-order valence-electron chi connectivity index (χ4n) is 3.12. The highest BCUT2D eigenvalue weighted by Gasteiger charge is 2.38. The number of hydrogen-bond donors (Lipinski definition) is 3. The van der Waals surface area contributed by atoms with Gasteiger partial charge in [-0.15, -0.1) is 0 Å². The molecule has 1 aromatic carbocycles. The third-order valence-corrected chi connectivity index (χ3v) is 4.84. The molecule has 0 saturated heterocycles. The predicted octanol–water partition coefficient (Wildman–Crippen LogP) is 3.03. The van der Waals surface area contributed by atoms with E-state index in [0.717, 1.165) is 18.8 Å².